The van der Waals surface area contributed by atoms with Crippen LogP contribution in [0, 0.1) is 13.8 Å². The number of rotatable bonds is 9. The summed E-state index contributed by atoms with van der Waals surface area (Å²) in [5.41, 5.74) is 2.74. The third-order valence-corrected chi connectivity index (χ3v) is 7.21. The van der Waals surface area contributed by atoms with Crippen molar-refractivity contribution in [1.29, 1.82) is 0 Å². The first-order valence-electron chi connectivity index (χ1n) is 10.4. The molecule has 0 radical (unpaired) electrons. The van der Waals surface area contributed by atoms with Gasteiger partial charge in [0.1, 0.15) is 12.6 Å². The van der Waals surface area contributed by atoms with Crippen molar-refractivity contribution in [3.05, 3.63) is 63.1 Å². The summed E-state index contributed by atoms with van der Waals surface area (Å²) in [6.07, 6.45) is 1.04. The van der Waals surface area contributed by atoms with E-state index in [4.69, 9.17) is 23.2 Å². The summed E-state index contributed by atoms with van der Waals surface area (Å²) in [7, 11) is -3.79. The summed E-state index contributed by atoms with van der Waals surface area (Å²) in [6.45, 7) is 6.98. The van der Waals surface area contributed by atoms with Gasteiger partial charge in [0.25, 0.3) is 0 Å². The normalized spacial score (nSPS) is 12.2. The fourth-order valence-corrected chi connectivity index (χ4v) is 4.61. The van der Waals surface area contributed by atoms with Gasteiger partial charge in [-0.05, 0) is 63.1 Å². The Morgan fingerprint density at radius 1 is 1.06 bits per heavy atom. The van der Waals surface area contributed by atoms with Crippen LogP contribution in [0.3, 0.4) is 0 Å². The zero-order chi connectivity index (χ0) is 24.9. The average molecular weight is 514 g/mol. The number of halogens is 2. The molecule has 10 heteroatoms. The van der Waals surface area contributed by atoms with Crippen LogP contribution < -0.4 is 9.62 Å². The van der Waals surface area contributed by atoms with E-state index in [0.717, 1.165) is 21.7 Å². The second-order valence-electron chi connectivity index (χ2n) is 7.83. The minimum absolute atomic E-state index is 0.0554. The Balaban J connectivity index is 2.46. The molecule has 0 saturated heterocycles. The third-order valence-electron chi connectivity index (χ3n) is 5.37. The fourth-order valence-electron chi connectivity index (χ4n) is 3.25. The van der Waals surface area contributed by atoms with Crippen molar-refractivity contribution in [3.63, 3.8) is 0 Å². The number of hydrogen-bond acceptors (Lipinski definition) is 4. The summed E-state index contributed by atoms with van der Waals surface area (Å²) in [4.78, 5) is 27.3. The quantitative estimate of drug-likeness (QED) is 0.550. The summed E-state index contributed by atoms with van der Waals surface area (Å²) < 4.78 is 26.2. The van der Waals surface area contributed by atoms with Gasteiger partial charge >= 0.3 is 0 Å². The number of carbonyl (C=O) groups excluding carboxylic acids is 2. The molecule has 0 spiro atoms. The van der Waals surface area contributed by atoms with Gasteiger partial charge in [0.2, 0.25) is 21.8 Å². The Morgan fingerprint density at radius 2 is 1.67 bits per heavy atom. The van der Waals surface area contributed by atoms with Gasteiger partial charge in [-0.25, -0.2) is 8.42 Å². The molecule has 7 nitrogen and oxygen atoms in total. The standard InChI is InChI=1S/C23H29Cl2N3O4S/c1-6-26-23(30)17(4)27(13-19-20(24)8-7-9-21(19)25)22(29)14-28(33(5,31)32)18-11-10-15(2)16(3)12-18/h7-12,17H,6,13-14H2,1-5H3,(H,26,30)/t17-/m1/s1. The molecule has 0 bridgehead atoms. The first kappa shape index (κ1) is 27.0. The largest absolute Gasteiger partial charge is 0.355 e. The summed E-state index contributed by atoms with van der Waals surface area (Å²) in [6, 6.07) is 9.24. The Morgan fingerprint density at radius 3 is 2.18 bits per heavy atom. The molecule has 0 aliphatic carbocycles. The first-order chi connectivity index (χ1) is 15.4. The van der Waals surface area contributed by atoms with Crippen molar-refractivity contribution in [2.45, 2.75) is 40.3 Å². The molecule has 1 atom stereocenters. The number of likely N-dealkylation sites (N-methyl/N-ethyl adjacent to an activating group) is 1. The van der Waals surface area contributed by atoms with E-state index in [1.54, 1.807) is 50.2 Å². The number of sulfonamides is 1. The molecule has 2 aromatic carbocycles. The third kappa shape index (κ3) is 6.85. The molecule has 0 fully saturated rings. The molecule has 2 rings (SSSR count). The zero-order valence-corrected chi connectivity index (χ0v) is 21.7. The zero-order valence-electron chi connectivity index (χ0n) is 19.4. The van der Waals surface area contributed by atoms with Gasteiger partial charge in [0, 0.05) is 28.7 Å². The summed E-state index contributed by atoms with van der Waals surface area (Å²) in [5.74, 6) is -0.931. The van der Waals surface area contributed by atoms with Gasteiger partial charge in [-0.1, -0.05) is 35.3 Å². The number of aryl methyl sites for hydroxylation is 2. The minimum atomic E-state index is -3.79. The van der Waals surface area contributed by atoms with E-state index in [1.165, 1.54) is 4.90 Å². The van der Waals surface area contributed by atoms with E-state index in [0.29, 0.717) is 27.8 Å². The highest BCUT2D eigenvalue weighted by Gasteiger charge is 2.30. The Hall–Kier alpha value is -2.29. The second kappa shape index (κ2) is 11.2. The molecule has 0 aliphatic rings. The lowest BCUT2D eigenvalue weighted by Gasteiger charge is -2.32. The van der Waals surface area contributed by atoms with Crippen LogP contribution >= 0.6 is 23.2 Å². The van der Waals surface area contributed by atoms with Crippen molar-refractivity contribution in [2.75, 3.05) is 23.7 Å². The minimum Gasteiger partial charge on any atom is -0.355 e. The van der Waals surface area contributed by atoms with Crippen molar-refractivity contribution >= 4 is 50.7 Å². The number of nitrogens with zero attached hydrogens (tertiary/aromatic N) is 2. The molecular formula is C23H29Cl2N3O4S. The highest BCUT2D eigenvalue weighted by Crippen LogP contribution is 2.27. The summed E-state index contributed by atoms with van der Waals surface area (Å²) >= 11 is 12.6. The molecule has 33 heavy (non-hydrogen) atoms. The van der Waals surface area contributed by atoms with Crippen LogP contribution in [-0.4, -0.2) is 50.5 Å². The molecule has 0 saturated carbocycles. The first-order valence-corrected chi connectivity index (χ1v) is 13.0. The second-order valence-corrected chi connectivity index (χ2v) is 10.6. The van der Waals surface area contributed by atoms with E-state index in [2.05, 4.69) is 5.32 Å². The average Bonchev–Trinajstić information content (AvgIpc) is 2.72. The maximum Gasteiger partial charge on any atom is 0.244 e. The van der Waals surface area contributed by atoms with Gasteiger partial charge in [-0.3, -0.25) is 13.9 Å². The lowest BCUT2D eigenvalue weighted by molar-refractivity contribution is -0.139. The van der Waals surface area contributed by atoms with Gasteiger partial charge in [-0.2, -0.15) is 0 Å². The van der Waals surface area contributed by atoms with Crippen LogP contribution in [0.2, 0.25) is 10.0 Å². The van der Waals surface area contributed by atoms with E-state index >= 15 is 0 Å². The van der Waals surface area contributed by atoms with Crippen molar-refractivity contribution in [1.82, 2.24) is 10.2 Å². The van der Waals surface area contributed by atoms with E-state index < -0.39 is 28.5 Å². The fraction of sp³-hybridized carbons (Fsp3) is 0.391. The Bertz CT molecular complexity index is 1120. The predicted molar refractivity (Wildman–Crippen MR) is 133 cm³/mol. The van der Waals surface area contributed by atoms with Crippen molar-refractivity contribution in [2.24, 2.45) is 0 Å². The van der Waals surface area contributed by atoms with Crippen LogP contribution in [0.4, 0.5) is 5.69 Å². The molecular weight excluding hydrogens is 485 g/mol. The lowest BCUT2D eigenvalue weighted by atomic mass is 10.1. The molecule has 0 heterocycles. The maximum absolute atomic E-state index is 13.5. The molecule has 0 unspecified atom stereocenters. The van der Waals surface area contributed by atoms with Gasteiger partial charge in [0.05, 0.1) is 11.9 Å². The van der Waals surface area contributed by atoms with Crippen molar-refractivity contribution in [3.8, 4) is 0 Å². The topological polar surface area (TPSA) is 86.8 Å². The van der Waals surface area contributed by atoms with Crippen LogP contribution in [0.15, 0.2) is 36.4 Å². The number of hydrogen-bond donors (Lipinski definition) is 1. The van der Waals surface area contributed by atoms with Crippen molar-refractivity contribution < 1.29 is 18.0 Å². The van der Waals surface area contributed by atoms with Crippen LogP contribution in [0.25, 0.3) is 0 Å². The number of amides is 2. The highest BCUT2D eigenvalue weighted by molar-refractivity contribution is 7.92. The van der Waals surface area contributed by atoms with E-state index in [-0.39, 0.29) is 12.5 Å². The maximum atomic E-state index is 13.5. The molecule has 0 aliphatic heterocycles. The Kier molecular flexibility index (Phi) is 9.17. The van der Waals surface area contributed by atoms with Crippen LogP contribution in [0.1, 0.15) is 30.5 Å². The van der Waals surface area contributed by atoms with E-state index in [9.17, 15) is 18.0 Å². The van der Waals surface area contributed by atoms with Crippen LogP contribution in [0.5, 0.6) is 0 Å². The SMILES string of the molecule is CCNC(=O)[C@@H](C)N(Cc1c(Cl)cccc1Cl)C(=O)CN(c1ccc(C)c(C)c1)S(C)(=O)=O. The van der Waals surface area contributed by atoms with E-state index in [1.807, 2.05) is 13.8 Å². The lowest BCUT2D eigenvalue weighted by Crippen LogP contribution is -2.51. The number of benzene rings is 2. The van der Waals surface area contributed by atoms with Crippen LogP contribution in [-0.2, 0) is 26.2 Å². The Labute approximate surface area is 205 Å². The number of carbonyl (C=O) groups is 2. The molecule has 2 amide bonds. The molecule has 2 aromatic rings. The smallest absolute Gasteiger partial charge is 0.244 e. The number of nitrogens with one attached hydrogen (secondary N) is 1. The van der Waals surface area contributed by atoms with Gasteiger partial charge in [0.15, 0.2) is 0 Å². The summed E-state index contributed by atoms with van der Waals surface area (Å²) in [5, 5.41) is 3.38. The molecule has 180 valence electrons. The van der Waals surface area contributed by atoms with Gasteiger partial charge < -0.3 is 10.2 Å². The molecule has 1 N–H and O–H groups in total. The molecule has 0 aromatic heterocycles. The predicted octanol–water partition coefficient (Wildman–Crippen LogP) is 3.93. The number of anilines is 1. The monoisotopic (exact) mass is 513 g/mol. The highest BCUT2D eigenvalue weighted by atomic mass is 35.5. The van der Waals surface area contributed by atoms with Gasteiger partial charge in [-0.15, -0.1) is 0 Å².